The maximum absolute atomic E-state index is 12.2. The standard InChI is InChI=1S/C16H19Cl2N3O2/c1-3-5-13-19-14(23-20-13)8-9-15(22)21(2)10-11-6-4-7-12(17)16(11)18/h4,6-7H,3,5,8-10H2,1-2H3. The number of benzene rings is 1. The van der Waals surface area contributed by atoms with Gasteiger partial charge in [0, 0.05) is 32.9 Å². The van der Waals surface area contributed by atoms with E-state index in [-0.39, 0.29) is 5.91 Å². The maximum atomic E-state index is 12.2. The summed E-state index contributed by atoms with van der Waals surface area (Å²) in [4.78, 5) is 18.1. The molecule has 0 unspecified atom stereocenters. The largest absolute Gasteiger partial charge is 0.341 e. The van der Waals surface area contributed by atoms with Crippen molar-refractivity contribution in [1.29, 1.82) is 0 Å². The smallest absolute Gasteiger partial charge is 0.227 e. The Morgan fingerprint density at radius 3 is 2.83 bits per heavy atom. The lowest BCUT2D eigenvalue weighted by Crippen LogP contribution is -2.26. The Morgan fingerprint density at radius 1 is 1.30 bits per heavy atom. The molecule has 1 heterocycles. The van der Waals surface area contributed by atoms with Crippen LogP contribution in [0.25, 0.3) is 0 Å². The fourth-order valence-corrected chi connectivity index (χ4v) is 2.52. The maximum Gasteiger partial charge on any atom is 0.227 e. The molecule has 0 spiro atoms. The molecule has 7 heteroatoms. The van der Waals surface area contributed by atoms with Gasteiger partial charge in [0.25, 0.3) is 0 Å². The zero-order chi connectivity index (χ0) is 16.8. The minimum atomic E-state index is -0.0173. The van der Waals surface area contributed by atoms with E-state index in [4.69, 9.17) is 27.7 Å². The second-order valence-corrected chi connectivity index (χ2v) is 6.10. The SMILES string of the molecule is CCCc1noc(CCC(=O)N(C)Cc2cccc(Cl)c2Cl)n1. The van der Waals surface area contributed by atoms with Crippen LogP contribution in [0.1, 0.15) is 37.0 Å². The minimum absolute atomic E-state index is 0.0173. The van der Waals surface area contributed by atoms with Gasteiger partial charge in [-0.15, -0.1) is 0 Å². The van der Waals surface area contributed by atoms with E-state index in [0.717, 1.165) is 18.4 Å². The molecule has 0 fully saturated rings. The lowest BCUT2D eigenvalue weighted by atomic mass is 10.2. The van der Waals surface area contributed by atoms with Crippen molar-refractivity contribution in [2.45, 2.75) is 39.2 Å². The zero-order valence-electron chi connectivity index (χ0n) is 13.2. The van der Waals surface area contributed by atoms with Crippen LogP contribution < -0.4 is 0 Å². The van der Waals surface area contributed by atoms with Gasteiger partial charge in [0.2, 0.25) is 11.8 Å². The first-order valence-electron chi connectivity index (χ1n) is 7.49. The fraction of sp³-hybridized carbons (Fsp3) is 0.438. The lowest BCUT2D eigenvalue weighted by Gasteiger charge is -2.18. The van der Waals surface area contributed by atoms with Crippen LogP contribution in [0.3, 0.4) is 0 Å². The normalized spacial score (nSPS) is 10.8. The van der Waals surface area contributed by atoms with Gasteiger partial charge in [-0.1, -0.05) is 47.4 Å². The molecule has 0 aliphatic rings. The van der Waals surface area contributed by atoms with Gasteiger partial charge in [0.05, 0.1) is 10.0 Å². The molecule has 0 saturated heterocycles. The Morgan fingerprint density at radius 2 is 2.09 bits per heavy atom. The molecule has 0 aliphatic heterocycles. The third-order valence-electron chi connectivity index (χ3n) is 3.40. The Labute approximate surface area is 145 Å². The van der Waals surface area contributed by atoms with Gasteiger partial charge < -0.3 is 9.42 Å². The van der Waals surface area contributed by atoms with Crippen LogP contribution in [0.4, 0.5) is 0 Å². The lowest BCUT2D eigenvalue weighted by molar-refractivity contribution is -0.130. The Hall–Kier alpha value is -1.59. The fourth-order valence-electron chi connectivity index (χ4n) is 2.14. The number of nitrogens with zero attached hydrogens (tertiary/aromatic N) is 3. The molecular formula is C16H19Cl2N3O2. The number of carbonyl (C=O) groups is 1. The van der Waals surface area contributed by atoms with E-state index >= 15 is 0 Å². The summed E-state index contributed by atoms with van der Waals surface area (Å²) >= 11 is 12.1. The quantitative estimate of drug-likeness (QED) is 0.755. The van der Waals surface area contributed by atoms with Crippen LogP contribution in [-0.4, -0.2) is 28.0 Å². The molecule has 0 atom stereocenters. The summed E-state index contributed by atoms with van der Waals surface area (Å²) in [6, 6.07) is 5.39. The molecule has 5 nitrogen and oxygen atoms in total. The average Bonchev–Trinajstić information content (AvgIpc) is 2.97. The number of rotatable bonds is 7. The predicted molar refractivity (Wildman–Crippen MR) is 89.6 cm³/mol. The van der Waals surface area contributed by atoms with Gasteiger partial charge in [-0.05, 0) is 18.1 Å². The number of aromatic nitrogens is 2. The molecule has 1 aromatic carbocycles. The second kappa shape index (κ2) is 8.31. The Kier molecular flexibility index (Phi) is 6.42. The van der Waals surface area contributed by atoms with Gasteiger partial charge in [-0.3, -0.25) is 4.79 Å². The number of carbonyl (C=O) groups excluding carboxylic acids is 1. The van der Waals surface area contributed by atoms with E-state index in [1.54, 1.807) is 18.0 Å². The van der Waals surface area contributed by atoms with Crippen molar-refractivity contribution in [2.24, 2.45) is 0 Å². The molecule has 2 rings (SSSR count). The van der Waals surface area contributed by atoms with E-state index in [0.29, 0.717) is 41.1 Å². The summed E-state index contributed by atoms with van der Waals surface area (Å²) in [7, 11) is 1.73. The third kappa shape index (κ3) is 4.94. The van der Waals surface area contributed by atoms with Crippen molar-refractivity contribution in [3.63, 3.8) is 0 Å². The van der Waals surface area contributed by atoms with Crippen molar-refractivity contribution in [3.05, 3.63) is 45.5 Å². The Bertz CT molecular complexity index is 673. The topological polar surface area (TPSA) is 59.2 Å². The summed E-state index contributed by atoms with van der Waals surface area (Å²) in [5, 5.41) is 4.84. The molecule has 1 amide bonds. The molecule has 124 valence electrons. The first kappa shape index (κ1) is 17.8. The van der Waals surface area contributed by atoms with Crippen molar-refractivity contribution in [2.75, 3.05) is 7.05 Å². The average molecular weight is 356 g/mol. The van der Waals surface area contributed by atoms with Gasteiger partial charge in [0.15, 0.2) is 5.82 Å². The van der Waals surface area contributed by atoms with Gasteiger partial charge in [-0.2, -0.15) is 4.98 Å². The third-order valence-corrected chi connectivity index (χ3v) is 4.26. The van der Waals surface area contributed by atoms with Crippen molar-refractivity contribution >= 4 is 29.1 Å². The van der Waals surface area contributed by atoms with Crippen LogP contribution in [0, 0.1) is 0 Å². The monoisotopic (exact) mass is 355 g/mol. The highest BCUT2D eigenvalue weighted by Crippen LogP contribution is 2.26. The highest BCUT2D eigenvalue weighted by Gasteiger charge is 2.14. The van der Waals surface area contributed by atoms with Gasteiger partial charge >= 0.3 is 0 Å². The number of aryl methyl sites for hydroxylation is 2. The summed E-state index contributed by atoms with van der Waals surface area (Å²) in [5.41, 5.74) is 0.818. The van der Waals surface area contributed by atoms with Crippen LogP contribution in [0.2, 0.25) is 10.0 Å². The summed E-state index contributed by atoms with van der Waals surface area (Å²) in [6.07, 6.45) is 2.48. The van der Waals surface area contributed by atoms with Gasteiger partial charge in [-0.25, -0.2) is 0 Å². The minimum Gasteiger partial charge on any atom is -0.341 e. The highest BCUT2D eigenvalue weighted by atomic mass is 35.5. The molecule has 0 radical (unpaired) electrons. The van der Waals surface area contributed by atoms with E-state index in [1.807, 2.05) is 12.1 Å². The number of amides is 1. The van der Waals surface area contributed by atoms with Crippen LogP contribution in [0.15, 0.2) is 22.7 Å². The Balaban J connectivity index is 1.88. The first-order valence-corrected chi connectivity index (χ1v) is 8.25. The number of hydrogen-bond donors (Lipinski definition) is 0. The molecule has 0 bridgehead atoms. The molecular weight excluding hydrogens is 337 g/mol. The summed E-state index contributed by atoms with van der Waals surface area (Å²) in [6.45, 7) is 2.46. The molecule has 23 heavy (non-hydrogen) atoms. The van der Waals surface area contributed by atoms with E-state index in [2.05, 4.69) is 17.1 Å². The van der Waals surface area contributed by atoms with Gasteiger partial charge in [0.1, 0.15) is 0 Å². The zero-order valence-corrected chi connectivity index (χ0v) is 14.7. The van der Waals surface area contributed by atoms with Crippen LogP contribution >= 0.6 is 23.2 Å². The first-order chi connectivity index (χ1) is 11.0. The highest BCUT2D eigenvalue weighted by molar-refractivity contribution is 6.42. The molecule has 0 aliphatic carbocycles. The van der Waals surface area contributed by atoms with E-state index in [1.165, 1.54) is 0 Å². The van der Waals surface area contributed by atoms with Crippen LogP contribution in [0.5, 0.6) is 0 Å². The van der Waals surface area contributed by atoms with Crippen molar-refractivity contribution < 1.29 is 9.32 Å². The number of hydrogen-bond acceptors (Lipinski definition) is 4. The van der Waals surface area contributed by atoms with Crippen LogP contribution in [-0.2, 0) is 24.2 Å². The number of halogens is 2. The molecule has 0 N–H and O–H groups in total. The van der Waals surface area contributed by atoms with Crippen molar-refractivity contribution in [1.82, 2.24) is 15.0 Å². The van der Waals surface area contributed by atoms with E-state index in [9.17, 15) is 4.79 Å². The second-order valence-electron chi connectivity index (χ2n) is 5.32. The van der Waals surface area contributed by atoms with E-state index < -0.39 is 0 Å². The summed E-state index contributed by atoms with van der Waals surface area (Å²) in [5.74, 6) is 1.17. The predicted octanol–water partition coefficient (Wildman–Crippen LogP) is 3.92. The molecule has 0 saturated carbocycles. The molecule has 1 aromatic heterocycles. The van der Waals surface area contributed by atoms with Crippen molar-refractivity contribution in [3.8, 4) is 0 Å². The molecule has 2 aromatic rings. The summed E-state index contributed by atoms with van der Waals surface area (Å²) < 4.78 is 5.13.